The average molecular weight is 277 g/mol. The highest BCUT2D eigenvalue weighted by atomic mass is 35.5. The topological polar surface area (TPSA) is 48.1 Å². The van der Waals surface area contributed by atoms with Crippen LogP contribution in [0.2, 0.25) is 5.02 Å². The van der Waals surface area contributed by atoms with Crippen molar-refractivity contribution < 1.29 is 4.74 Å². The molecular weight excluding hydrogens is 260 g/mol. The molecule has 19 heavy (non-hydrogen) atoms. The first-order chi connectivity index (χ1) is 9.20. The maximum atomic E-state index is 6.22. The summed E-state index contributed by atoms with van der Waals surface area (Å²) in [4.78, 5) is 4.45. The van der Waals surface area contributed by atoms with Crippen molar-refractivity contribution in [3.63, 3.8) is 0 Å². The Kier molecular flexibility index (Phi) is 4.91. The van der Waals surface area contributed by atoms with E-state index in [1.165, 1.54) is 0 Å². The minimum absolute atomic E-state index is 0.469. The normalized spacial score (nSPS) is 10.7. The van der Waals surface area contributed by atoms with Crippen LogP contribution in [0.5, 0.6) is 0 Å². The van der Waals surface area contributed by atoms with Gasteiger partial charge in [0.05, 0.1) is 18.9 Å². The molecule has 2 aromatic rings. The van der Waals surface area contributed by atoms with E-state index in [0.29, 0.717) is 19.8 Å². The number of aryl methyl sites for hydroxylation is 1. The van der Waals surface area contributed by atoms with Gasteiger partial charge in [-0.15, -0.1) is 0 Å². The fraction of sp³-hybridized carbons (Fsp3) is 0.267. The predicted octanol–water partition coefficient (Wildman–Crippen LogP) is 3.19. The minimum atomic E-state index is 0.469. The number of ether oxygens (including phenoxy) is 1. The molecule has 4 heteroatoms. The average Bonchev–Trinajstić information content (AvgIpc) is 2.39. The van der Waals surface area contributed by atoms with Crippen LogP contribution in [0.1, 0.15) is 11.4 Å². The Bertz CT molecular complexity index is 558. The Morgan fingerprint density at radius 3 is 2.79 bits per heavy atom. The van der Waals surface area contributed by atoms with Crippen molar-refractivity contribution in [3.8, 4) is 11.1 Å². The van der Waals surface area contributed by atoms with Crippen molar-refractivity contribution in [1.29, 1.82) is 0 Å². The highest BCUT2D eigenvalue weighted by Gasteiger charge is 2.06. The maximum absolute atomic E-state index is 6.22. The largest absolute Gasteiger partial charge is 0.374 e. The van der Waals surface area contributed by atoms with Crippen LogP contribution in [0.15, 0.2) is 36.4 Å². The zero-order valence-corrected chi connectivity index (χ0v) is 11.7. The molecule has 0 amide bonds. The quantitative estimate of drug-likeness (QED) is 0.853. The summed E-state index contributed by atoms with van der Waals surface area (Å²) >= 11 is 6.22. The van der Waals surface area contributed by atoms with E-state index in [1.807, 2.05) is 43.3 Å². The van der Waals surface area contributed by atoms with Gasteiger partial charge in [-0.2, -0.15) is 0 Å². The molecule has 0 bridgehead atoms. The molecule has 0 unspecified atom stereocenters. The second-order valence-electron chi connectivity index (χ2n) is 4.31. The lowest BCUT2D eigenvalue weighted by Gasteiger charge is -2.09. The van der Waals surface area contributed by atoms with Crippen LogP contribution in [0.3, 0.4) is 0 Å². The van der Waals surface area contributed by atoms with Gasteiger partial charge in [-0.1, -0.05) is 29.8 Å². The molecule has 3 nitrogen and oxygen atoms in total. The SMILES string of the molecule is Cc1cc(-c2ccccc2Cl)cc(COCCN)n1. The van der Waals surface area contributed by atoms with Gasteiger partial charge < -0.3 is 10.5 Å². The van der Waals surface area contributed by atoms with Crippen molar-refractivity contribution in [1.82, 2.24) is 4.98 Å². The molecule has 0 fully saturated rings. The Morgan fingerprint density at radius 2 is 2.05 bits per heavy atom. The lowest BCUT2D eigenvalue weighted by atomic mass is 10.0. The third-order valence-corrected chi connectivity index (χ3v) is 3.03. The molecule has 2 rings (SSSR count). The molecule has 1 aromatic carbocycles. The van der Waals surface area contributed by atoms with Crippen molar-refractivity contribution in [2.24, 2.45) is 5.73 Å². The monoisotopic (exact) mass is 276 g/mol. The number of nitrogens with zero attached hydrogens (tertiary/aromatic N) is 1. The second kappa shape index (κ2) is 6.66. The summed E-state index contributed by atoms with van der Waals surface area (Å²) in [6, 6.07) is 11.8. The molecule has 1 aromatic heterocycles. The summed E-state index contributed by atoms with van der Waals surface area (Å²) < 4.78 is 5.42. The van der Waals surface area contributed by atoms with Gasteiger partial charge >= 0.3 is 0 Å². The fourth-order valence-electron chi connectivity index (χ4n) is 1.92. The number of halogens is 1. The van der Waals surface area contributed by atoms with Crippen molar-refractivity contribution in [2.45, 2.75) is 13.5 Å². The summed E-state index contributed by atoms with van der Waals surface area (Å²) in [7, 11) is 0. The first-order valence-electron chi connectivity index (χ1n) is 6.21. The van der Waals surface area contributed by atoms with Gasteiger partial charge in [0.2, 0.25) is 0 Å². The number of aromatic nitrogens is 1. The standard InChI is InChI=1S/C15H17ClN2O/c1-11-8-12(14-4-2-3-5-15(14)16)9-13(18-11)10-19-7-6-17/h2-5,8-9H,6-7,10,17H2,1H3. The van der Waals surface area contributed by atoms with E-state index in [4.69, 9.17) is 22.1 Å². The summed E-state index contributed by atoms with van der Waals surface area (Å²) in [6.07, 6.45) is 0. The van der Waals surface area contributed by atoms with Crippen molar-refractivity contribution >= 4 is 11.6 Å². The summed E-state index contributed by atoms with van der Waals surface area (Å²) in [5, 5.41) is 0.738. The predicted molar refractivity (Wildman–Crippen MR) is 78.1 cm³/mol. The number of hydrogen-bond donors (Lipinski definition) is 1. The van der Waals surface area contributed by atoms with Gasteiger partial charge in [-0.3, -0.25) is 4.98 Å². The lowest BCUT2D eigenvalue weighted by molar-refractivity contribution is 0.125. The number of hydrogen-bond acceptors (Lipinski definition) is 3. The Morgan fingerprint density at radius 1 is 1.26 bits per heavy atom. The van der Waals surface area contributed by atoms with Crippen LogP contribution in [0.4, 0.5) is 0 Å². The van der Waals surface area contributed by atoms with E-state index < -0.39 is 0 Å². The molecule has 0 aliphatic heterocycles. The Labute approximate surface area is 118 Å². The van der Waals surface area contributed by atoms with Crippen LogP contribution in [0.25, 0.3) is 11.1 Å². The van der Waals surface area contributed by atoms with E-state index >= 15 is 0 Å². The molecule has 0 atom stereocenters. The van der Waals surface area contributed by atoms with Gasteiger partial charge in [0.1, 0.15) is 0 Å². The van der Waals surface area contributed by atoms with Crippen LogP contribution < -0.4 is 5.73 Å². The van der Waals surface area contributed by atoms with E-state index in [-0.39, 0.29) is 0 Å². The molecule has 1 heterocycles. The molecule has 0 saturated heterocycles. The first-order valence-corrected chi connectivity index (χ1v) is 6.59. The smallest absolute Gasteiger partial charge is 0.0888 e. The third kappa shape index (κ3) is 3.77. The third-order valence-electron chi connectivity index (χ3n) is 2.70. The van der Waals surface area contributed by atoms with Gasteiger partial charge in [-0.05, 0) is 30.7 Å². The number of pyridine rings is 1. The number of rotatable bonds is 5. The second-order valence-corrected chi connectivity index (χ2v) is 4.72. The molecule has 0 radical (unpaired) electrons. The fourth-order valence-corrected chi connectivity index (χ4v) is 2.17. The number of nitrogens with two attached hydrogens (primary N) is 1. The minimum Gasteiger partial charge on any atom is -0.374 e. The molecule has 2 N–H and O–H groups in total. The van der Waals surface area contributed by atoms with Gasteiger partial charge in [0.25, 0.3) is 0 Å². The highest BCUT2D eigenvalue weighted by molar-refractivity contribution is 6.33. The Hall–Kier alpha value is -1.42. The molecule has 100 valence electrons. The van der Waals surface area contributed by atoms with Crippen LogP contribution >= 0.6 is 11.6 Å². The molecule has 0 aliphatic rings. The van der Waals surface area contributed by atoms with Crippen LogP contribution in [0, 0.1) is 6.92 Å². The number of benzene rings is 1. The van der Waals surface area contributed by atoms with Crippen LogP contribution in [-0.4, -0.2) is 18.1 Å². The summed E-state index contributed by atoms with van der Waals surface area (Å²) in [5.74, 6) is 0. The van der Waals surface area contributed by atoms with Gasteiger partial charge in [0, 0.05) is 22.8 Å². The molecule has 0 aliphatic carbocycles. The molecule has 0 saturated carbocycles. The van der Waals surface area contributed by atoms with E-state index in [0.717, 1.165) is 27.5 Å². The summed E-state index contributed by atoms with van der Waals surface area (Å²) in [5.41, 5.74) is 9.31. The zero-order chi connectivity index (χ0) is 13.7. The lowest BCUT2D eigenvalue weighted by Crippen LogP contribution is -2.09. The van der Waals surface area contributed by atoms with E-state index in [2.05, 4.69) is 4.98 Å². The zero-order valence-electron chi connectivity index (χ0n) is 10.9. The molecule has 0 spiro atoms. The maximum Gasteiger partial charge on any atom is 0.0888 e. The van der Waals surface area contributed by atoms with E-state index in [1.54, 1.807) is 0 Å². The van der Waals surface area contributed by atoms with E-state index in [9.17, 15) is 0 Å². The van der Waals surface area contributed by atoms with Crippen LogP contribution in [-0.2, 0) is 11.3 Å². The Balaban J connectivity index is 2.29. The molecular formula is C15H17ClN2O. The highest BCUT2D eigenvalue weighted by Crippen LogP contribution is 2.28. The van der Waals surface area contributed by atoms with Gasteiger partial charge in [-0.25, -0.2) is 0 Å². The van der Waals surface area contributed by atoms with Crippen molar-refractivity contribution in [2.75, 3.05) is 13.2 Å². The first kappa shape index (κ1) is 14.0. The van der Waals surface area contributed by atoms with Gasteiger partial charge in [0.15, 0.2) is 0 Å². The summed E-state index contributed by atoms with van der Waals surface area (Å²) in [6.45, 7) is 3.49. The van der Waals surface area contributed by atoms with Crippen molar-refractivity contribution in [3.05, 3.63) is 52.8 Å².